The Morgan fingerprint density at radius 3 is 2.26 bits per heavy atom. The molecule has 3 aromatic rings. The van der Waals surface area contributed by atoms with Gasteiger partial charge in [0.05, 0.1) is 35.1 Å². The Kier molecular flexibility index (Phi) is 9.47. The predicted octanol–water partition coefficient (Wildman–Crippen LogP) is 4.24. The molecule has 35 heavy (non-hydrogen) atoms. The van der Waals surface area contributed by atoms with Crippen LogP contribution in [0.2, 0.25) is 0 Å². The summed E-state index contributed by atoms with van der Waals surface area (Å²) in [5, 5.41) is 0.614. The van der Waals surface area contributed by atoms with Gasteiger partial charge in [0.25, 0.3) is 0 Å². The average molecular weight is 520 g/mol. The fraction of sp³-hybridized carbons (Fsp3) is 0.440. The van der Waals surface area contributed by atoms with Crippen molar-refractivity contribution < 1.29 is 22.7 Å². The molecule has 1 amide bonds. The quantitative estimate of drug-likeness (QED) is 0.334. The smallest absolute Gasteiger partial charge is 0.228 e. The summed E-state index contributed by atoms with van der Waals surface area (Å²) < 4.78 is 36.8. The van der Waals surface area contributed by atoms with Gasteiger partial charge >= 0.3 is 0 Å². The van der Waals surface area contributed by atoms with Gasteiger partial charge in [-0.25, -0.2) is 13.4 Å². The molecule has 0 aliphatic rings. The number of carbonyl (C=O) groups excluding carboxylic acids is 1. The number of carbonyl (C=O) groups is 1. The van der Waals surface area contributed by atoms with Crippen LogP contribution in [0.4, 0.5) is 5.13 Å². The second kappa shape index (κ2) is 12.3. The third-order valence-electron chi connectivity index (χ3n) is 5.87. The number of thiazole rings is 1. The number of sulfone groups is 1. The number of nitrogens with zero attached hydrogens (tertiary/aromatic N) is 3. The molecular weight excluding hydrogens is 486 g/mol. The Morgan fingerprint density at radius 2 is 1.63 bits per heavy atom. The van der Waals surface area contributed by atoms with Crippen molar-refractivity contribution in [2.45, 2.75) is 31.6 Å². The number of ether oxygens (including phenoxy) is 2. The van der Waals surface area contributed by atoms with E-state index in [9.17, 15) is 13.2 Å². The second-order valence-electron chi connectivity index (χ2n) is 8.00. The van der Waals surface area contributed by atoms with E-state index in [0.717, 1.165) is 29.1 Å². The third-order valence-corrected chi connectivity index (χ3v) is 8.73. The van der Waals surface area contributed by atoms with Gasteiger partial charge in [-0.3, -0.25) is 9.69 Å². The van der Waals surface area contributed by atoms with Crippen LogP contribution in [0.3, 0.4) is 0 Å². The molecule has 0 saturated heterocycles. The van der Waals surface area contributed by atoms with Crippen molar-refractivity contribution >= 4 is 42.4 Å². The standard InChI is InChI=1S/C25H33N3O5S2/c1-5-27(6-2)15-16-28(25-26-22-14-11-20(33-4)18-23(22)34-25)24(29)8-7-17-35(30,31)21-12-9-19(32-3)10-13-21/h9-14,18H,5-8,15-17H2,1-4H3. The highest BCUT2D eigenvalue weighted by Crippen LogP contribution is 2.32. The van der Waals surface area contributed by atoms with Gasteiger partial charge in [-0.15, -0.1) is 0 Å². The Bertz CT molecular complexity index is 1220. The lowest BCUT2D eigenvalue weighted by Gasteiger charge is -2.24. The molecular formula is C25H33N3O5S2. The first-order valence-electron chi connectivity index (χ1n) is 11.6. The first-order valence-corrected chi connectivity index (χ1v) is 14.1. The van der Waals surface area contributed by atoms with Gasteiger partial charge in [0, 0.05) is 19.5 Å². The SMILES string of the molecule is CCN(CC)CCN(C(=O)CCCS(=O)(=O)c1ccc(OC)cc1)c1nc2ccc(OC)cc2s1. The van der Waals surface area contributed by atoms with Gasteiger partial charge in [-0.1, -0.05) is 25.2 Å². The van der Waals surface area contributed by atoms with Crippen molar-refractivity contribution in [3.8, 4) is 11.5 Å². The number of hydrogen-bond acceptors (Lipinski definition) is 8. The molecule has 0 radical (unpaired) electrons. The number of fused-ring (bicyclic) bond motifs is 1. The molecule has 190 valence electrons. The Hall–Kier alpha value is -2.69. The normalized spacial score (nSPS) is 11.7. The van der Waals surface area contributed by atoms with E-state index in [1.54, 1.807) is 24.1 Å². The van der Waals surface area contributed by atoms with Gasteiger partial charge in [-0.05, 0) is 62.0 Å². The minimum atomic E-state index is -3.49. The van der Waals surface area contributed by atoms with Crippen LogP contribution in [0.1, 0.15) is 26.7 Å². The summed E-state index contributed by atoms with van der Waals surface area (Å²) in [6.45, 7) is 7.14. The van der Waals surface area contributed by atoms with Crippen molar-refractivity contribution in [2.24, 2.45) is 0 Å². The predicted molar refractivity (Wildman–Crippen MR) is 141 cm³/mol. The maximum atomic E-state index is 13.3. The number of methoxy groups -OCH3 is 2. The van der Waals surface area contributed by atoms with Crippen LogP contribution < -0.4 is 14.4 Å². The summed E-state index contributed by atoms with van der Waals surface area (Å²) in [4.78, 5) is 22.1. The molecule has 0 unspecified atom stereocenters. The van der Waals surface area contributed by atoms with Gasteiger partial charge < -0.3 is 14.4 Å². The fourth-order valence-corrected chi connectivity index (χ4v) is 6.04. The van der Waals surface area contributed by atoms with E-state index in [1.165, 1.54) is 30.6 Å². The van der Waals surface area contributed by atoms with Crippen LogP contribution in [0.5, 0.6) is 11.5 Å². The molecule has 1 aromatic heterocycles. The zero-order chi connectivity index (χ0) is 25.4. The van der Waals surface area contributed by atoms with Crippen LogP contribution in [0, 0.1) is 0 Å². The maximum Gasteiger partial charge on any atom is 0.228 e. The molecule has 0 spiro atoms. The Morgan fingerprint density at radius 1 is 0.971 bits per heavy atom. The van der Waals surface area contributed by atoms with Gasteiger partial charge in [0.15, 0.2) is 15.0 Å². The molecule has 8 nitrogen and oxygen atoms in total. The highest BCUT2D eigenvalue weighted by molar-refractivity contribution is 7.91. The highest BCUT2D eigenvalue weighted by atomic mass is 32.2. The minimum absolute atomic E-state index is 0.105. The molecule has 0 aliphatic carbocycles. The molecule has 0 N–H and O–H groups in total. The lowest BCUT2D eigenvalue weighted by molar-refractivity contribution is -0.118. The van der Waals surface area contributed by atoms with E-state index in [4.69, 9.17) is 9.47 Å². The monoisotopic (exact) mass is 519 g/mol. The first-order chi connectivity index (χ1) is 16.8. The van der Waals surface area contributed by atoms with Gasteiger partial charge in [-0.2, -0.15) is 0 Å². The summed E-state index contributed by atoms with van der Waals surface area (Å²) in [6, 6.07) is 11.9. The topological polar surface area (TPSA) is 89.0 Å². The summed E-state index contributed by atoms with van der Waals surface area (Å²) in [7, 11) is -0.350. The van der Waals surface area contributed by atoms with Crippen molar-refractivity contribution in [1.82, 2.24) is 9.88 Å². The number of rotatable bonds is 13. The minimum Gasteiger partial charge on any atom is -0.497 e. The maximum absolute atomic E-state index is 13.3. The largest absolute Gasteiger partial charge is 0.497 e. The Labute approximate surface area is 211 Å². The zero-order valence-electron chi connectivity index (χ0n) is 20.7. The van der Waals surface area contributed by atoms with Crippen molar-refractivity contribution in [2.75, 3.05) is 51.1 Å². The van der Waals surface area contributed by atoms with E-state index in [1.807, 2.05) is 18.2 Å². The fourth-order valence-electron chi connectivity index (χ4n) is 3.69. The summed E-state index contributed by atoms with van der Waals surface area (Å²) in [6.07, 6.45) is 0.348. The number of aromatic nitrogens is 1. The Balaban J connectivity index is 1.73. The molecule has 0 aliphatic heterocycles. The molecule has 10 heteroatoms. The molecule has 3 rings (SSSR count). The van der Waals surface area contributed by atoms with Gasteiger partial charge in [0.1, 0.15) is 11.5 Å². The molecule has 1 heterocycles. The van der Waals surface area contributed by atoms with Gasteiger partial charge in [0.2, 0.25) is 5.91 Å². The molecule has 0 saturated carbocycles. The average Bonchev–Trinajstić information content (AvgIpc) is 3.29. The number of anilines is 1. The van der Waals surface area contributed by atoms with E-state index in [0.29, 0.717) is 24.0 Å². The van der Waals surface area contributed by atoms with E-state index in [-0.39, 0.29) is 29.4 Å². The molecule has 0 atom stereocenters. The summed E-state index contributed by atoms with van der Waals surface area (Å²) >= 11 is 1.43. The number of hydrogen-bond donors (Lipinski definition) is 0. The molecule has 2 aromatic carbocycles. The highest BCUT2D eigenvalue weighted by Gasteiger charge is 2.22. The van der Waals surface area contributed by atoms with Crippen LogP contribution in [0.15, 0.2) is 47.4 Å². The molecule has 0 fully saturated rings. The van der Waals surface area contributed by atoms with Crippen LogP contribution in [0.25, 0.3) is 10.2 Å². The van der Waals surface area contributed by atoms with Crippen molar-refractivity contribution in [3.63, 3.8) is 0 Å². The lowest BCUT2D eigenvalue weighted by atomic mass is 10.3. The van der Waals surface area contributed by atoms with Crippen LogP contribution in [-0.2, 0) is 14.6 Å². The molecule has 0 bridgehead atoms. The number of benzene rings is 2. The third kappa shape index (κ3) is 6.93. The van der Waals surface area contributed by atoms with Crippen LogP contribution in [-0.4, -0.2) is 70.4 Å². The summed E-state index contributed by atoms with van der Waals surface area (Å²) in [5.74, 6) is 1.09. The lowest BCUT2D eigenvalue weighted by Crippen LogP contribution is -2.38. The van der Waals surface area contributed by atoms with E-state index >= 15 is 0 Å². The zero-order valence-corrected chi connectivity index (χ0v) is 22.3. The van der Waals surface area contributed by atoms with Crippen molar-refractivity contribution in [1.29, 1.82) is 0 Å². The second-order valence-corrected chi connectivity index (χ2v) is 11.1. The van der Waals surface area contributed by atoms with E-state index < -0.39 is 9.84 Å². The van der Waals surface area contributed by atoms with E-state index in [2.05, 4.69) is 23.7 Å². The van der Waals surface area contributed by atoms with Crippen molar-refractivity contribution in [3.05, 3.63) is 42.5 Å². The number of likely N-dealkylation sites (N-methyl/N-ethyl adjacent to an activating group) is 1. The summed E-state index contributed by atoms with van der Waals surface area (Å²) in [5.41, 5.74) is 0.800. The first kappa shape index (κ1) is 26.9. The number of amides is 1. The van der Waals surface area contributed by atoms with Crippen LogP contribution >= 0.6 is 11.3 Å².